The quantitative estimate of drug-likeness (QED) is 0.644. The lowest BCUT2D eigenvalue weighted by molar-refractivity contribution is 0.603. The van der Waals surface area contributed by atoms with Crippen LogP contribution in [0, 0.1) is 0 Å². The summed E-state index contributed by atoms with van der Waals surface area (Å²) in [6.45, 7) is 1.51. The summed E-state index contributed by atoms with van der Waals surface area (Å²) in [7, 11) is -6.91. The number of rotatable bonds is 2. The van der Waals surface area contributed by atoms with Crippen molar-refractivity contribution in [3.05, 3.63) is 11.1 Å². The zero-order valence-corrected chi connectivity index (χ0v) is 8.81. The van der Waals surface area contributed by atoms with Gasteiger partial charge in [-0.1, -0.05) is 0 Å². The van der Waals surface area contributed by atoms with Gasteiger partial charge >= 0.3 is 0 Å². The minimum atomic E-state index is -3.56. The first-order chi connectivity index (χ1) is 5.71. The molecule has 0 aromatic rings. The maximum absolute atomic E-state index is 11.2. The molecule has 5 nitrogen and oxygen atoms in total. The summed E-state index contributed by atoms with van der Waals surface area (Å²) in [6.07, 6.45) is 0.971. The van der Waals surface area contributed by atoms with Crippen molar-refractivity contribution in [3.63, 3.8) is 0 Å². The molecule has 0 fully saturated rings. The van der Waals surface area contributed by atoms with Crippen LogP contribution in [-0.4, -0.2) is 33.9 Å². The molecule has 0 bridgehead atoms. The molecule has 0 amide bonds. The highest BCUT2D eigenvalue weighted by Gasteiger charge is 2.26. The van der Waals surface area contributed by atoms with Gasteiger partial charge in [-0.05, 0) is 6.92 Å². The highest BCUT2D eigenvalue weighted by Crippen LogP contribution is 2.14. The fraction of sp³-hybridized carbons (Fsp3) is 0.500. The second-order valence-electron chi connectivity index (χ2n) is 2.88. The van der Waals surface area contributed by atoms with Crippen LogP contribution in [0.4, 0.5) is 0 Å². The number of aliphatic imine (C=N–C) groups is 1. The minimum absolute atomic E-state index is 0.285. The maximum atomic E-state index is 11.2. The molecule has 7 heteroatoms. The van der Waals surface area contributed by atoms with Crippen LogP contribution in [-0.2, 0) is 19.7 Å². The Bertz CT molecular complexity index is 481. The van der Waals surface area contributed by atoms with Crippen LogP contribution in [0.1, 0.15) is 6.92 Å². The Hall–Kier alpha value is -0.690. The van der Waals surface area contributed by atoms with Gasteiger partial charge in [-0.3, -0.25) is 0 Å². The van der Waals surface area contributed by atoms with E-state index < -0.39 is 25.4 Å². The smallest absolute Gasteiger partial charge is 0.215 e. The fourth-order valence-electron chi connectivity index (χ4n) is 0.918. The first kappa shape index (κ1) is 10.4. The molecule has 0 aromatic carbocycles. The highest BCUT2D eigenvalue weighted by atomic mass is 32.2. The van der Waals surface area contributed by atoms with Crippen molar-refractivity contribution in [2.75, 3.05) is 12.0 Å². The molecule has 1 heterocycles. The first-order valence-electron chi connectivity index (χ1n) is 3.39. The van der Waals surface area contributed by atoms with Gasteiger partial charge in [-0.25, -0.2) is 21.8 Å². The monoisotopic (exact) mass is 223 g/mol. The number of sulfone groups is 2. The predicted molar refractivity (Wildman–Crippen MR) is 49.8 cm³/mol. The molecule has 0 aromatic heterocycles. The fourth-order valence-corrected chi connectivity index (χ4v) is 3.64. The molecule has 1 aliphatic heterocycles. The van der Waals surface area contributed by atoms with Crippen LogP contribution in [0.25, 0.3) is 0 Å². The SMILES string of the molecule is CC1=CS(=O)(=O)C(CS(C)(=O)=O)=N1. The Kier molecular flexibility index (Phi) is 2.33. The van der Waals surface area contributed by atoms with Gasteiger partial charge in [0, 0.05) is 6.26 Å². The molecule has 1 aliphatic rings. The van der Waals surface area contributed by atoms with E-state index >= 15 is 0 Å². The molecule has 0 unspecified atom stereocenters. The summed E-state index contributed by atoms with van der Waals surface area (Å²) >= 11 is 0. The van der Waals surface area contributed by atoms with Gasteiger partial charge in [0.25, 0.3) is 0 Å². The standard InChI is InChI=1S/C6H9NO4S2/c1-5-3-13(10,11)6(7-5)4-12(2,8)9/h3H,4H2,1-2H3. The summed E-state index contributed by atoms with van der Waals surface area (Å²) in [5.74, 6) is -0.525. The first-order valence-corrected chi connectivity index (χ1v) is 7.00. The Morgan fingerprint density at radius 2 is 2.00 bits per heavy atom. The average Bonchev–Trinajstić information content (AvgIpc) is 2.00. The number of hydrogen-bond donors (Lipinski definition) is 0. The van der Waals surface area contributed by atoms with Gasteiger partial charge in [0.1, 0.15) is 5.75 Å². The van der Waals surface area contributed by atoms with E-state index in [1.807, 2.05) is 0 Å². The summed E-state index contributed by atoms with van der Waals surface area (Å²) in [5, 5.41) is 0.681. The number of allylic oxidation sites excluding steroid dienone is 1. The summed E-state index contributed by atoms with van der Waals surface area (Å²) < 4.78 is 44.0. The van der Waals surface area contributed by atoms with E-state index in [1.165, 1.54) is 6.92 Å². The summed E-state index contributed by atoms with van der Waals surface area (Å²) in [4.78, 5) is 3.64. The molecular formula is C6H9NO4S2. The molecule has 0 spiro atoms. The lowest BCUT2D eigenvalue weighted by Crippen LogP contribution is -2.19. The van der Waals surface area contributed by atoms with E-state index in [1.54, 1.807) is 0 Å². The van der Waals surface area contributed by atoms with E-state index in [4.69, 9.17) is 0 Å². The number of hydrogen-bond acceptors (Lipinski definition) is 5. The van der Waals surface area contributed by atoms with Crippen molar-refractivity contribution in [1.29, 1.82) is 0 Å². The molecule has 0 atom stereocenters. The van der Waals surface area contributed by atoms with Gasteiger partial charge in [-0.2, -0.15) is 0 Å². The van der Waals surface area contributed by atoms with E-state index in [0.717, 1.165) is 11.7 Å². The molecule has 0 saturated heterocycles. The Morgan fingerprint density at radius 3 is 2.31 bits per heavy atom. The zero-order chi connectivity index (χ0) is 10.3. The lowest BCUT2D eigenvalue weighted by atomic mass is 10.6. The normalized spacial score (nSPS) is 21.1. The van der Waals surface area contributed by atoms with Crippen LogP contribution in [0.15, 0.2) is 16.1 Å². The maximum Gasteiger partial charge on any atom is 0.215 e. The zero-order valence-electron chi connectivity index (χ0n) is 7.18. The molecule has 0 saturated carbocycles. The highest BCUT2D eigenvalue weighted by molar-refractivity contribution is 8.11. The van der Waals surface area contributed by atoms with Gasteiger partial charge in [0.2, 0.25) is 9.84 Å². The van der Waals surface area contributed by atoms with Gasteiger partial charge in [-0.15, -0.1) is 0 Å². The third kappa shape index (κ3) is 2.63. The molecule has 0 radical (unpaired) electrons. The van der Waals surface area contributed by atoms with E-state index in [0.29, 0.717) is 5.70 Å². The molecule has 1 rings (SSSR count). The van der Waals surface area contributed by atoms with Crippen LogP contribution >= 0.6 is 0 Å². The van der Waals surface area contributed by atoms with Crippen molar-refractivity contribution in [1.82, 2.24) is 0 Å². The van der Waals surface area contributed by atoms with Crippen molar-refractivity contribution in [2.45, 2.75) is 6.92 Å². The Labute approximate surface area is 77.0 Å². The third-order valence-corrected chi connectivity index (χ3v) is 3.87. The topological polar surface area (TPSA) is 80.6 Å². The summed E-state index contributed by atoms with van der Waals surface area (Å²) in [5.41, 5.74) is 0.318. The molecular weight excluding hydrogens is 214 g/mol. The van der Waals surface area contributed by atoms with Crippen LogP contribution in [0.3, 0.4) is 0 Å². The van der Waals surface area contributed by atoms with E-state index in [-0.39, 0.29) is 5.04 Å². The van der Waals surface area contributed by atoms with Crippen LogP contribution in [0.5, 0.6) is 0 Å². The van der Waals surface area contributed by atoms with Crippen molar-refractivity contribution in [3.8, 4) is 0 Å². The van der Waals surface area contributed by atoms with Crippen molar-refractivity contribution in [2.24, 2.45) is 4.99 Å². The Balaban J connectivity index is 3.07. The average molecular weight is 223 g/mol. The lowest BCUT2D eigenvalue weighted by Gasteiger charge is -1.96. The minimum Gasteiger partial charge on any atom is -0.244 e. The molecule has 74 valence electrons. The van der Waals surface area contributed by atoms with E-state index in [9.17, 15) is 16.8 Å². The van der Waals surface area contributed by atoms with Crippen LogP contribution < -0.4 is 0 Å². The molecule has 13 heavy (non-hydrogen) atoms. The van der Waals surface area contributed by atoms with Gasteiger partial charge in [0.05, 0.1) is 11.1 Å². The largest absolute Gasteiger partial charge is 0.244 e. The van der Waals surface area contributed by atoms with E-state index in [2.05, 4.69) is 4.99 Å². The molecule has 0 N–H and O–H groups in total. The second kappa shape index (κ2) is 2.91. The van der Waals surface area contributed by atoms with Gasteiger partial charge in [0.15, 0.2) is 14.9 Å². The number of nitrogens with zero attached hydrogens (tertiary/aromatic N) is 1. The predicted octanol–water partition coefficient (Wildman–Crippen LogP) is -0.281. The summed E-state index contributed by atoms with van der Waals surface area (Å²) in [6, 6.07) is 0. The molecule has 0 aliphatic carbocycles. The van der Waals surface area contributed by atoms with Gasteiger partial charge < -0.3 is 0 Å². The van der Waals surface area contributed by atoms with Crippen LogP contribution in [0.2, 0.25) is 0 Å². The third-order valence-electron chi connectivity index (χ3n) is 1.34. The second-order valence-corrected chi connectivity index (χ2v) is 6.82. The van der Waals surface area contributed by atoms with Crippen molar-refractivity contribution >= 4 is 24.7 Å². The Morgan fingerprint density at radius 1 is 1.46 bits per heavy atom. The van der Waals surface area contributed by atoms with Crippen molar-refractivity contribution < 1.29 is 16.8 Å².